The first-order chi connectivity index (χ1) is 9.95. The molecule has 6 heteroatoms. The van der Waals surface area contributed by atoms with E-state index >= 15 is 0 Å². The molecule has 0 saturated heterocycles. The SMILES string of the molecule is CCSC1=C(c2ccc(NC(C)=O)cc2)C(=O)N(C)C1=O. The average molecular weight is 304 g/mol. The maximum Gasteiger partial charge on any atom is 0.267 e. The van der Waals surface area contributed by atoms with Gasteiger partial charge >= 0.3 is 0 Å². The number of rotatable bonds is 4. The van der Waals surface area contributed by atoms with Gasteiger partial charge in [-0.25, -0.2) is 0 Å². The van der Waals surface area contributed by atoms with E-state index in [9.17, 15) is 14.4 Å². The van der Waals surface area contributed by atoms with Gasteiger partial charge in [-0.05, 0) is 23.4 Å². The first kappa shape index (κ1) is 15.3. The molecule has 5 nitrogen and oxygen atoms in total. The van der Waals surface area contributed by atoms with Crippen LogP contribution in [0.25, 0.3) is 5.57 Å². The molecule has 3 amide bonds. The summed E-state index contributed by atoms with van der Waals surface area (Å²) < 4.78 is 0. The number of amides is 3. The second-order valence-corrected chi connectivity index (χ2v) is 5.84. The minimum absolute atomic E-state index is 0.156. The highest BCUT2D eigenvalue weighted by Crippen LogP contribution is 2.35. The maximum absolute atomic E-state index is 12.2. The van der Waals surface area contributed by atoms with Crippen LogP contribution in [0.2, 0.25) is 0 Å². The first-order valence-corrected chi connectivity index (χ1v) is 7.51. The molecular weight excluding hydrogens is 288 g/mol. The number of imide groups is 1. The Morgan fingerprint density at radius 1 is 1.19 bits per heavy atom. The van der Waals surface area contributed by atoms with Crippen molar-refractivity contribution in [2.24, 2.45) is 0 Å². The summed E-state index contributed by atoms with van der Waals surface area (Å²) in [5.41, 5.74) is 1.77. The molecule has 0 saturated carbocycles. The standard InChI is InChI=1S/C15H16N2O3S/c1-4-21-13-12(14(19)17(3)15(13)20)10-5-7-11(8-6-10)16-9(2)18/h5-8H,4H2,1-3H3,(H,16,18). The Bertz CT molecular complexity index is 635. The van der Waals surface area contributed by atoms with Gasteiger partial charge in [-0.15, -0.1) is 11.8 Å². The molecule has 0 radical (unpaired) electrons. The quantitative estimate of drug-likeness (QED) is 0.865. The molecule has 0 aromatic heterocycles. The number of likely N-dealkylation sites (N-methyl/N-ethyl adjacent to an activating group) is 1. The highest BCUT2D eigenvalue weighted by atomic mass is 32.2. The summed E-state index contributed by atoms with van der Waals surface area (Å²) in [6.07, 6.45) is 0. The summed E-state index contributed by atoms with van der Waals surface area (Å²) in [6, 6.07) is 6.91. The van der Waals surface area contributed by atoms with Gasteiger partial charge in [-0.3, -0.25) is 19.3 Å². The fraction of sp³-hybridized carbons (Fsp3) is 0.267. The molecule has 0 unspecified atom stereocenters. The number of thioether (sulfide) groups is 1. The molecule has 1 aromatic rings. The van der Waals surface area contributed by atoms with Crippen molar-refractivity contribution in [3.05, 3.63) is 34.7 Å². The van der Waals surface area contributed by atoms with Crippen LogP contribution in [0.4, 0.5) is 5.69 Å². The van der Waals surface area contributed by atoms with Crippen molar-refractivity contribution in [2.75, 3.05) is 18.1 Å². The third kappa shape index (κ3) is 3.00. The third-order valence-electron chi connectivity index (χ3n) is 3.03. The number of hydrogen-bond donors (Lipinski definition) is 1. The first-order valence-electron chi connectivity index (χ1n) is 6.53. The molecule has 21 heavy (non-hydrogen) atoms. The zero-order valence-corrected chi connectivity index (χ0v) is 12.9. The molecule has 2 rings (SSSR count). The molecule has 1 heterocycles. The van der Waals surface area contributed by atoms with Crippen LogP contribution in [0, 0.1) is 0 Å². The average Bonchev–Trinajstić information content (AvgIpc) is 2.65. The fourth-order valence-electron chi connectivity index (χ4n) is 2.07. The van der Waals surface area contributed by atoms with Crippen molar-refractivity contribution in [3.8, 4) is 0 Å². The number of carbonyl (C=O) groups is 3. The van der Waals surface area contributed by atoms with Crippen LogP contribution < -0.4 is 5.32 Å². The van der Waals surface area contributed by atoms with Gasteiger partial charge in [0.2, 0.25) is 5.91 Å². The summed E-state index contributed by atoms with van der Waals surface area (Å²) in [4.78, 5) is 36.9. The molecule has 0 fully saturated rings. The maximum atomic E-state index is 12.2. The van der Waals surface area contributed by atoms with E-state index in [0.717, 1.165) is 10.7 Å². The number of nitrogens with one attached hydrogen (secondary N) is 1. The van der Waals surface area contributed by atoms with Gasteiger partial charge in [-0.1, -0.05) is 19.1 Å². The van der Waals surface area contributed by atoms with Gasteiger partial charge in [0, 0.05) is 19.7 Å². The molecule has 0 atom stereocenters. The Labute approximate surface area is 127 Å². The fourth-order valence-corrected chi connectivity index (χ4v) is 2.97. The lowest BCUT2D eigenvalue weighted by Gasteiger charge is -2.07. The third-order valence-corrected chi connectivity index (χ3v) is 3.98. The number of benzene rings is 1. The lowest BCUT2D eigenvalue weighted by molar-refractivity contribution is -0.134. The lowest BCUT2D eigenvalue weighted by Crippen LogP contribution is -2.26. The molecular formula is C15H16N2O3S. The van der Waals surface area contributed by atoms with E-state index in [1.54, 1.807) is 24.3 Å². The Hall–Kier alpha value is -2.08. The molecule has 110 valence electrons. The molecule has 0 aliphatic carbocycles. The highest BCUT2D eigenvalue weighted by Gasteiger charge is 2.36. The summed E-state index contributed by atoms with van der Waals surface area (Å²) in [5, 5.41) is 2.67. The van der Waals surface area contributed by atoms with E-state index in [-0.39, 0.29) is 17.7 Å². The lowest BCUT2D eigenvalue weighted by atomic mass is 10.1. The van der Waals surface area contributed by atoms with Crippen LogP contribution in [-0.4, -0.2) is 35.4 Å². The van der Waals surface area contributed by atoms with Crippen molar-refractivity contribution >= 4 is 40.7 Å². The van der Waals surface area contributed by atoms with Crippen molar-refractivity contribution in [3.63, 3.8) is 0 Å². The largest absolute Gasteiger partial charge is 0.326 e. The zero-order valence-electron chi connectivity index (χ0n) is 12.1. The Balaban J connectivity index is 2.40. The normalized spacial score (nSPS) is 14.9. The molecule has 1 aliphatic heterocycles. The molecule has 0 bridgehead atoms. The number of hydrogen-bond acceptors (Lipinski definition) is 4. The Morgan fingerprint density at radius 2 is 1.81 bits per heavy atom. The Morgan fingerprint density at radius 3 is 2.33 bits per heavy atom. The number of carbonyl (C=O) groups excluding carboxylic acids is 3. The van der Waals surface area contributed by atoms with Gasteiger partial charge < -0.3 is 5.32 Å². The van der Waals surface area contributed by atoms with E-state index in [1.165, 1.54) is 25.7 Å². The Kier molecular flexibility index (Phi) is 4.47. The van der Waals surface area contributed by atoms with E-state index < -0.39 is 0 Å². The van der Waals surface area contributed by atoms with Crippen molar-refractivity contribution in [1.29, 1.82) is 0 Å². The van der Waals surface area contributed by atoms with E-state index in [0.29, 0.717) is 21.7 Å². The van der Waals surface area contributed by atoms with Crippen LogP contribution in [0.15, 0.2) is 29.2 Å². The molecule has 1 N–H and O–H groups in total. The van der Waals surface area contributed by atoms with Crippen LogP contribution >= 0.6 is 11.8 Å². The van der Waals surface area contributed by atoms with E-state index in [1.807, 2.05) is 6.92 Å². The predicted molar refractivity (Wildman–Crippen MR) is 83.6 cm³/mol. The summed E-state index contributed by atoms with van der Waals surface area (Å²) in [5.74, 6) is 0.0161. The smallest absolute Gasteiger partial charge is 0.267 e. The predicted octanol–water partition coefficient (Wildman–Crippen LogP) is 2.11. The topological polar surface area (TPSA) is 66.5 Å². The monoisotopic (exact) mass is 304 g/mol. The molecule has 1 aromatic carbocycles. The van der Waals surface area contributed by atoms with Gasteiger partial charge in [0.15, 0.2) is 0 Å². The van der Waals surface area contributed by atoms with Crippen LogP contribution in [-0.2, 0) is 14.4 Å². The molecule has 1 aliphatic rings. The van der Waals surface area contributed by atoms with Gasteiger partial charge in [0.25, 0.3) is 11.8 Å². The van der Waals surface area contributed by atoms with Gasteiger partial charge in [-0.2, -0.15) is 0 Å². The summed E-state index contributed by atoms with van der Waals surface area (Å²) >= 11 is 1.37. The van der Waals surface area contributed by atoms with Crippen molar-refractivity contribution < 1.29 is 14.4 Å². The second kappa shape index (κ2) is 6.13. The van der Waals surface area contributed by atoms with Crippen LogP contribution in [0.5, 0.6) is 0 Å². The minimum atomic E-state index is -0.289. The van der Waals surface area contributed by atoms with E-state index in [4.69, 9.17) is 0 Å². The van der Waals surface area contributed by atoms with Crippen molar-refractivity contribution in [1.82, 2.24) is 4.90 Å². The minimum Gasteiger partial charge on any atom is -0.326 e. The van der Waals surface area contributed by atoms with Crippen LogP contribution in [0.3, 0.4) is 0 Å². The number of nitrogens with zero attached hydrogens (tertiary/aromatic N) is 1. The zero-order chi connectivity index (χ0) is 15.6. The van der Waals surface area contributed by atoms with Crippen LogP contribution in [0.1, 0.15) is 19.4 Å². The molecule has 0 spiro atoms. The van der Waals surface area contributed by atoms with Crippen molar-refractivity contribution in [2.45, 2.75) is 13.8 Å². The van der Waals surface area contributed by atoms with E-state index in [2.05, 4.69) is 5.32 Å². The summed E-state index contributed by atoms with van der Waals surface area (Å²) in [6.45, 7) is 3.37. The van der Waals surface area contributed by atoms with Gasteiger partial charge in [0.05, 0.1) is 10.5 Å². The summed E-state index contributed by atoms with van der Waals surface area (Å²) in [7, 11) is 1.49. The second-order valence-electron chi connectivity index (χ2n) is 4.56. The number of anilines is 1. The van der Waals surface area contributed by atoms with Gasteiger partial charge in [0.1, 0.15) is 0 Å². The highest BCUT2D eigenvalue weighted by molar-refractivity contribution is 8.04.